The molecule has 0 N–H and O–H groups in total. The van der Waals surface area contributed by atoms with Crippen LogP contribution in [0, 0.1) is 0 Å². The van der Waals surface area contributed by atoms with Crippen molar-refractivity contribution in [3.63, 3.8) is 0 Å². The van der Waals surface area contributed by atoms with Crippen molar-refractivity contribution in [2.45, 2.75) is 0 Å². The number of aromatic nitrogens is 1. The van der Waals surface area contributed by atoms with Crippen LogP contribution in [0.2, 0.25) is 0 Å². The van der Waals surface area contributed by atoms with Crippen LogP contribution in [0.4, 0.5) is 17.1 Å². The van der Waals surface area contributed by atoms with Crippen molar-refractivity contribution in [2.75, 3.05) is 4.90 Å². The SMILES string of the molecule is c1ccc(-c2ccc(N(c3ccc(-c4nc5c6cccc7oc8cccc(c5o4)c8c76)cc3)c3ccc4ccccc4c3)cc2)cc1. The highest BCUT2D eigenvalue weighted by Gasteiger charge is 2.21. The van der Waals surface area contributed by atoms with E-state index in [2.05, 4.69) is 132 Å². The van der Waals surface area contributed by atoms with Crippen molar-refractivity contribution in [1.29, 1.82) is 0 Å². The quantitative estimate of drug-likeness (QED) is 0.184. The number of furan rings is 1. The minimum Gasteiger partial charge on any atom is -0.456 e. The third-order valence-corrected chi connectivity index (χ3v) is 9.25. The van der Waals surface area contributed by atoms with Gasteiger partial charge in [-0.1, -0.05) is 97.1 Å². The van der Waals surface area contributed by atoms with E-state index in [0.717, 1.165) is 66.4 Å². The van der Waals surface area contributed by atoms with E-state index >= 15 is 0 Å². The molecule has 0 atom stereocenters. The van der Waals surface area contributed by atoms with Gasteiger partial charge in [-0.15, -0.1) is 0 Å². The second-order valence-electron chi connectivity index (χ2n) is 12.0. The highest BCUT2D eigenvalue weighted by molar-refractivity contribution is 6.31. The Hall–Kier alpha value is -6.39. The minimum atomic E-state index is 0.599. The first-order chi connectivity index (χ1) is 23.3. The molecule has 0 aliphatic rings. The molecule has 10 rings (SSSR count). The first-order valence-corrected chi connectivity index (χ1v) is 15.8. The predicted octanol–water partition coefficient (Wildman–Crippen LogP) is 12.3. The van der Waals surface area contributed by atoms with Crippen LogP contribution in [-0.4, -0.2) is 4.98 Å². The van der Waals surface area contributed by atoms with E-state index in [1.54, 1.807) is 0 Å². The third-order valence-electron chi connectivity index (χ3n) is 9.25. The first kappa shape index (κ1) is 25.9. The van der Waals surface area contributed by atoms with Gasteiger partial charge in [0.15, 0.2) is 5.58 Å². The first-order valence-electron chi connectivity index (χ1n) is 15.8. The second-order valence-corrected chi connectivity index (χ2v) is 12.0. The molecule has 0 saturated heterocycles. The van der Waals surface area contributed by atoms with Crippen LogP contribution in [0.15, 0.2) is 167 Å². The molecule has 0 unspecified atom stereocenters. The van der Waals surface area contributed by atoms with Gasteiger partial charge in [-0.05, 0) is 82.6 Å². The van der Waals surface area contributed by atoms with E-state index in [1.165, 1.54) is 21.9 Å². The van der Waals surface area contributed by atoms with Gasteiger partial charge in [0.25, 0.3) is 0 Å². The summed E-state index contributed by atoms with van der Waals surface area (Å²) in [6.45, 7) is 0. The van der Waals surface area contributed by atoms with Crippen LogP contribution in [-0.2, 0) is 0 Å². The molecule has 4 heteroatoms. The molecule has 8 aromatic carbocycles. The van der Waals surface area contributed by atoms with Gasteiger partial charge in [-0.25, -0.2) is 4.98 Å². The number of nitrogens with zero attached hydrogens (tertiary/aromatic N) is 2. The van der Waals surface area contributed by atoms with E-state index in [-0.39, 0.29) is 0 Å². The number of benzene rings is 8. The fourth-order valence-electron chi connectivity index (χ4n) is 7.01. The summed E-state index contributed by atoms with van der Waals surface area (Å²) in [6, 6.07) is 55.1. The maximum Gasteiger partial charge on any atom is 0.227 e. The fourth-order valence-corrected chi connectivity index (χ4v) is 7.01. The van der Waals surface area contributed by atoms with Gasteiger partial charge in [-0.3, -0.25) is 0 Å². The molecule has 0 amide bonds. The Morgan fingerprint density at radius 2 is 1.02 bits per heavy atom. The Kier molecular flexibility index (Phi) is 5.54. The number of fused-ring (bicyclic) bond motifs is 4. The zero-order chi connectivity index (χ0) is 30.9. The van der Waals surface area contributed by atoms with Crippen molar-refractivity contribution in [3.8, 4) is 22.6 Å². The molecule has 0 aliphatic carbocycles. The monoisotopic (exact) mass is 602 g/mol. The summed E-state index contributed by atoms with van der Waals surface area (Å²) in [4.78, 5) is 7.35. The smallest absolute Gasteiger partial charge is 0.227 e. The molecule has 2 heterocycles. The Labute approximate surface area is 270 Å². The van der Waals surface area contributed by atoms with Crippen LogP contribution in [0.25, 0.3) is 77.2 Å². The Morgan fingerprint density at radius 3 is 1.77 bits per heavy atom. The standard InChI is InChI=1S/C43H26N2O2/c1-2-8-27(9-3-1)29-16-21-32(22-17-29)45(34-25-18-28-10-4-5-11-31(28)26-34)33-23-19-30(20-24-33)43-44-41-35-12-6-14-37-39(35)40-36(42(41)47-43)13-7-15-38(40)46-37/h1-26H. The molecule has 2 aromatic heterocycles. The van der Waals surface area contributed by atoms with Crippen molar-refractivity contribution in [2.24, 2.45) is 0 Å². The highest BCUT2D eigenvalue weighted by Crippen LogP contribution is 2.44. The van der Waals surface area contributed by atoms with Gasteiger partial charge in [-0.2, -0.15) is 0 Å². The van der Waals surface area contributed by atoms with Crippen LogP contribution in [0.5, 0.6) is 0 Å². The summed E-state index contributed by atoms with van der Waals surface area (Å²) in [5.41, 5.74) is 9.89. The van der Waals surface area contributed by atoms with Crippen LogP contribution >= 0.6 is 0 Å². The number of hydrogen-bond acceptors (Lipinski definition) is 4. The molecule has 47 heavy (non-hydrogen) atoms. The summed E-state index contributed by atoms with van der Waals surface area (Å²) in [5, 5.41) is 6.67. The van der Waals surface area contributed by atoms with Crippen LogP contribution in [0.1, 0.15) is 0 Å². The lowest BCUT2D eigenvalue weighted by Gasteiger charge is -2.26. The maximum absolute atomic E-state index is 6.55. The number of oxazole rings is 1. The van der Waals surface area contributed by atoms with Crippen LogP contribution < -0.4 is 4.90 Å². The Morgan fingerprint density at radius 1 is 0.426 bits per heavy atom. The summed E-state index contributed by atoms with van der Waals surface area (Å²) in [7, 11) is 0. The minimum absolute atomic E-state index is 0.599. The van der Waals surface area contributed by atoms with E-state index in [9.17, 15) is 0 Å². The number of rotatable bonds is 5. The molecule has 0 aliphatic heterocycles. The normalized spacial score (nSPS) is 11.8. The Bertz CT molecular complexity index is 2640. The van der Waals surface area contributed by atoms with Crippen LogP contribution in [0.3, 0.4) is 0 Å². The van der Waals surface area contributed by atoms with Crippen molar-refractivity contribution < 1.29 is 8.83 Å². The van der Waals surface area contributed by atoms with Crippen molar-refractivity contribution in [3.05, 3.63) is 158 Å². The lowest BCUT2D eigenvalue weighted by molar-refractivity contribution is 0.623. The van der Waals surface area contributed by atoms with Gasteiger partial charge < -0.3 is 13.7 Å². The number of hydrogen-bond donors (Lipinski definition) is 0. The molecule has 0 spiro atoms. The summed E-state index contributed by atoms with van der Waals surface area (Å²) in [5.74, 6) is 0.599. The molecule has 0 radical (unpaired) electrons. The lowest BCUT2D eigenvalue weighted by atomic mass is 10.0. The van der Waals surface area contributed by atoms with Gasteiger partial charge in [0.05, 0.1) is 0 Å². The lowest BCUT2D eigenvalue weighted by Crippen LogP contribution is -2.09. The van der Waals surface area contributed by atoms with Crippen molar-refractivity contribution >= 4 is 71.6 Å². The predicted molar refractivity (Wildman–Crippen MR) is 193 cm³/mol. The second kappa shape index (κ2) is 10.1. The molecular weight excluding hydrogens is 576 g/mol. The molecule has 0 fully saturated rings. The van der Waals surface area contributed by atoms with Gasteiger partial charge in [0.1, 0.15) is 16.7 Å². The zero-order valence-electron chi connectivity index (χ0n) is 25.2. The molecule has 0 saturated carbocycles. The topological polar surface area (TPSA) is 42.4 Å². The van der Waals surface area contributed by atoms with E-state index < -0.39 is 0 Å². The van der Waals surface area contributed by atoms with Gasteiger partial charge >= 0.3 is 0 Å². The third kappa shape index (κ3) is 4.05. The van der Waals surface area contributed by atoms with E-state index in [1.807, 2.05) is 30.3 Å². The summed E-state index contributed by atoms with van der Waals surface area (Å²) in [6.07, 6.45) is 0. The molecule has 0 bridgehead atoms. The Balaban J connectivity index is 1.09. The van der Waals surface area contributed by atoms with E-state index in [4.69, 9.17) is 13.8 Å². The molecule has 10 aromatic rings. The molecule has 4 nitrogen and oxygen atoms in total. The van der Waals surface area contributed by atoms with Crippen molar-refractivity contribution in [1.82, 2.24) is 4.98 Å². The summed E-state index contributed by atoms with van der Waals surface area (Å²) < 4.78 is 12.7. The molecular formula is C43H26N2O2. The zero-order valence-corrected chi connectivity index (χ0v) is 25.2. The van der Waals surface area contributed by atoms with Gasteiger partial charge in [0.2, 0.25) is 5.89 Å². The largest absolute Gasteiger partial charge is 0.456 e. The highest BCUT2D eigenvalue weighted by atomic mass is 16.3. The number of anilines is 3. The molecule has 220 valence electrons. The summed E-state index contributed by atoms with van der Waals surface area (Å²) >= 11 is 0. The maximum atomic E-state index is 6.55. The van der Waals surface area contributed by atoms with E-state index in [0.29, 0.717) is 5.89 Å². The average Bonchev–Trinajstić information content (AvgIpc) is 3.76. The average molecular weight is 603 g/mol. The fraction of sp³-hybridized carbons (Fsp3) is 0. The van der Waals surface area contributed by atoms with Gasteiger partial charge in [0, 0.05) is 44.2 Å².